The van der Waals surface area contributed by atoms with E-state index < -0.39 is 0 Å². The standard InChI is InChI=1S/C19H24N2O2S/c1-13-7-8-15(11-20)14(2)17(13)12-24-10-9-21-19(23)16-5-3-4-6-18(16)22/h3-8,22H,9-12,20H2,1-2H3,(H,21,23). The van der Waals surface area contributed by atoms with E-state index in [4.69, 9.17) is 5.73 Å². The predicted molar refractivity (Wildman–Crippen MR) is 100 cm³/mol. The second kappa shape index (κ2) is 8.76. The number of benzene rings is 2. The zero-order valence-electron chi connectivity index (χ0n) is 14.1. The summed E-state index contributed by atoms with van der Waals surface area (Å²) < 4.78 is 0. The van der Waals surface area contributed by atoms with Crippen LogP contribution in [0.1, 0.15) is 32.6 Å². The number of nitrogens with two attached hydrogens (primary N) is 1. The molecule has 0 radical (unpaired) electrons. The predicted octanol–water partition coefficient (Wildman–Crippen LogP) is 3.13. The molecule has 5 heteroatoms. The lowest BCUT2D eigenvalue weighted by molar-refractivity contribution is 0.0953. The number of carbonyl (C=O) groups excluding carboxylic acids is 1. The van der Waals surface area contributed by atoms with Gasteiger partial charge >= 0.3 is 0 Å². The Balaban J connectivity index is 1.82. The molecule has 2 rings (SSSR count). The first kappa shape index (κ1) is 18.4. The molecule has 0 aromatic heterocycles. The quantitative estimate of drug-likeness (QED) is 0.675. The van der Waals surface area contributed by atoms with E-state index in [0.717, 1.165) is 11.5 Å². The average molecular weight is 344 g/mol. The number of aryl methyl sites for hydroxylation is 1. The highest BCUT2D eigenvalue weighted by Crippen LogP contribution is 2.23. The van der Waals surface area contributed by atoms with Gasteiger partial charge in [0, 0.05) is 24.6 Å². The van der Waals surface area contributed by atoms with Crippen LogP contribution in [0.25, 0.3) is 0 Å². The van der Waals surface area contributed by atoms with Crippen LogP contribution < -0.4 is 11.1 Å². The molecule has 4 N–H and O–H groups in total. The van der Waals surface area contributed by atoms with Crippen molar-refractivity contribution in [3.63, 3.8) is 0 Å². The molecule has 0 aliphatic carbocycles. The summed E-state index contributed by atoms with van der Waals surface area (Å²) in [5.74, 6) is 1.47. The fourth-order valence-electron chi connectivity index (χ4n) is 2.56. The molecule has 4 nitrogen and oxygen atoms in total. The van der Waals surface area contributed by atoms with Gasteiger partial charge in [0.15, 0.2) is 0 Å². The molecule has 2 aromatic rings. The van der Waals surface area contributed by atoms with Gasteiger partial charge in [0.2, 0.25) is 0 Å². The molecule has 0 spiro atoms. The summed E-state index contributed by atoms with van der Waals surface area (Å²) in [6.07, 6.45) is 0. The molecular weight excluding hydrogens is 320 g/mol. The second-order valence-corrected chi connectivity index (χ2v) is 6.78. The van der Waals surface area contributed by atoms with Gasteiger partial charge in [-0.25, -0.2) is 0 Å². The Morgan fingerprint density at radius 2 is 1.96 bits per heavy atom. The molecular formula is C19H24N2O2S. The van der Waals surface area contributed by atoms with Crippen molar-refractivity contribution in [1.82, 2.24) is 5.32 Å². The lowest BCUT2D eigenvalue weighted by atomic mass is 9.99. The van der Waals surface area contributed by atoms with E-state index in [1.54, 1.807) is 30.0 Å². The number of thioether (sulfide) groups is 1. The van der Waals surface area contributed by atoms with Crippen LogP contribution in [0, 0.1) is 13.8 Å². The molecule has 0 atom stereocenters. The molecule has 128 valence electrons. The zero-order chi connectivity index (χ0) is 17.5. The summed E-state index contributed by atoms with van der Waals surface area (Å²) >= 11 is 1.78. The third-order valence-corrected chi connectivity index (χ3v) is 5.08. The highest BCUT2D eigenvalue weighted by Gasteiger charge is 2.10. The average Bonchev–Trinajstić information content (AvgIpc) is 2.57. The van der Waals surface area contributed by atoms with Crippen LogP contribution in [0.5, 0.6) is 5.75 Å². The van der Waals surface area contributed by atoms with Crippen molar-refractivity contribution in [2.75, 3.05) is 12.3 Å². The van der Waals surface area contributed by atoms with Crippen LogP contribution in [0.15, 0.2) is 36.4 Å². The number of amides is 1. The summed E-state index contributed by atoms with van der Waals surface area (Å²) in [5.41, 5.74) is 11.1. The van der Waals surface area contributed by atoms with Gasteiger partial charge in [0.1, 0.15) is 5.75 Å². The number of hydrogen-bond donors (Lipinski definition) is 3. The van der Waals surface area contributed by atoms with E-state index in [0.29, 0.717) is 18.7 Å². The number of phenolic OH excluding ortho intramolecular Hbond substituents is 1. The monoisotopic (exact) mass is 344 g/mol. The smallest absolute Gasteiger partial charge is 0.255 e. The van der Waals surface area contributed by atoms with Crippen molar-refractivity contribution in [2.45, 2.75) is 26.1 Å². The first-order valence-electron chi connectivity index (χ1n) is 7.96. The normalized spacial score (nSPS) is 10.6. The van der Waals surface area contributed by atoms with Crippen molar-refractivity contribution in [3.8, 4) is 5.75 Å². The minimum Gasteiger partial charge on any atom is -0.507 e. The van der Waals surface area contributed by atoms with Crippen molar-refractivity contribution in [2.24, 2.45) is 5.73 Å². The summed E-state index contributed by atoms with van der Waals surface area (Å²) in [7, 11) is 0. The van der Waals surface area contributed by atoms with Gasteiger partial charge in [-0.05, 0) is 48.2 Å². The largest absolute Gasteiger partial charge is 0.507 e. The van der Waals surface area contributed by atoms with Crippen molar-refractivity contribution >= 4 is 17.7 Å². The van der Waals surface area contributed by atoms with Crippen LogP contribution in [0.3, 0.4) is 0 Å². The van der Waals surface area contributed by atoms with E-state index in [2.05, 4.69) is 31.3 Å². The Labute approximate surface area is 147 Å². The maximum Gasteiger partial charge on any atom is 0.255 e. The van der Waals surface area contributed by atoms with Gasteiger partial charge in [0.25, 0.3) is 5.91 Å². The van der Waals surface area contributed by atoms with Crippen LogP contribution in [0.4, 0.5) is 0 Å². The number of rotatable bonds is 7. The van der Waals surface area contributed by atoms with Gasteiger partial charge in [0.05, 0.1) is 5.56 Å². The SMILES string of the molecule is Cc1ccc(CN)c(C)c1CSCCNC(=O)c1ccccc1O. The van der Waals surface area contributed by atoms with Gasteiger partial charge < -0.3 is 16.2 Å². The van der Waals surface area contributed by atoms with Crippen molar-refractivity contribution < 1.29 is 9.90 Å². The van der Waals surface area contributed by atoms with Crippen molar-refractivity contribution in [1.29, 1.82) is 0 Å². The van der Waals surface area contributed by atoms with Crippen LogP contribution in [-0.4, -0.2) is 23.3 Å². The highest BCUT2D eigenvalue weighted by molar-refractivity contribution is 7.98. The second-order valence-electron chi connectivity index (χ2n) is 5.67. The van der Waals surface area contributed by atoms with Crippen LogP contribution in [0.2, 0.25) is 0 Å². The molecule has 24 heavy (non-hydrogen) atoms. The number of phenols is 1. The molecule has 2 aromatic carbocycles. The van der Waals surface area contributed by atoms with Gasteiger partial charge in [-0.3, -0.25) is 4.79 Å². The van der Waals surface area contributed by atoms with Gasteiger partial charge in [-0.1, -0.05) is 24.3 Å². The molecule has 0 aliphatic heterocycles. The van der Waals surface area contributed by atoms with E-state index >= 15 is 0 Å². The van der Waals surface area contributed by atoms with E-state index in [1.807, 2.05) is 0 Å². The Kier molecular flexibility index (Phi) is 6.70. The molecule has 0 fully saturated rings. The number of carbonyl (C=O) groups is 1. The zero-order valence-corrected chi connectivity index (χ0v) is 15.0. The summed E-state index contributed by atoms with van der Waals surface area (Å²) in [6, 6.07) is 10.8. The molecule has 0 saturated heterocycles. The van der Waals surface area contributed by atoms with E-state index in [1.165, 1.54) is 28.3 Å². The third-order valence-electron chi connectivity index (χ3n) is 4.09. The Morgan fingerprint density at radius 1 is 1.21 bits per heavy atom. The van der Waals surface area contributed by atoms with Gasteiger partial charge in [-0.2, -0.15) is 11.8 Å². The summed E-state index contributed by atoms with van der Waals surface area (Å²) in [6.45, 7) is 5.35. The topological polar surface area (TPSA) is 75.3 Å². The Hall–Kier alpha value is -1.98. The molecule has 0 saturated carbocycles. The van der Waals surface area contributed by atoms with E-state index in [-0.39, 0.29) is 11.7 Å². The molecule has 0 unspecified atom stereocenters. The minimum atomic E-state index is -0.244. The number of para-hydroxylation sites is 1. The Morgan fingerprint density at radius 3 is 2.67 bits per heavy atom. The fourth-order valence-corrected chi connectivity index (χ4v) is 3.59. The minimum absolute atomic E-state index is 0.00695. The van der Waals surface area contributed by atoms with Gasteiger partial charge in [-0.15, -0.1) is 0 Å². The number of hydrogen-bond acceptors (Lipinski definition) is 4. The van der Waals surface area contributed by atoms with E-state index in [9.17, 15) is 9.90 Å². The highest BCUT2D eigenvalue weighted by atomic mass is 32.2. The fraction of sp³-hybridized carbons (Fsp3) is 0.316. The third kappa shape index (κ3) is 4.52. The number of nitrogens with one attached hydrogen (secondary N) is 1. The van der Waals surface area contributed by atoms with Crippen molar-refractivity contribution in [3.05, 3.63) is 64.2 Å². The lowest BCUT2D eigenvalue weighted by Crippen LogP contribution is -2.25. The summed E-state index contributed by atoms with van der Waals surface area (Å²) in [5, 5.41) is 12.5. The van der Waals surface area contributed by atoms with Crippen LogP contribution in [-0.2, 0) is 12.3 Å². The molecule has 0 aliphatic rings. The Bertz CT molecular complexity index is 717. The van der Waals surface area contributed by atoms with Crippen LogP contribution >= 0.6 is 11.8 Å². The maximum absolute atomic E-state index is 12.0. The first-order valence-corrected chi connectivity index (χ1v) is 9.12. The maximum atomic E-state index is 12.0. The summed E-state index contributed by atoms with van der Waals surface area (Å²) in [4.78, 5) is 12.0. The molecule has 1 amide bonds. The first-order chi connectivity index (χ1) is 11.5. The number of aromatic hydroxyl groups is 1. The molecule has 0 heterocycles. The molecule has 0 bridgehead atoms. The lowest BCUT2D eigenvalue weighted by Gasteiger charge is -2.13.